The molecule has 0 unspecified atom stereocenters. The predicted octanol–water partition coefficient (Wildman–Crippen LogP) is 0.572. The second-order valence-corrected chi connectivity index (χ2v) is 6.21. The molecular weight excluding hydrogens is 294 g/mol. The summed E-state index contributed by atoms with van der Waals surface area (Å²) in [6.45, 7) is 4.78. The number of piperazine rings is 1. The van der Waals surface area contributed by atoms with Crippen molar-refractivity contribution in [3.8, 4) is 0 Å². The lowest BCUT2D eigenvalue weighted by molar-refractivity contribution is -0.133. The molecule has 3 rings (SSSR count). The average Bonchev–Trinajstić information content (AvgIpc) is 2.98. The second-order valence-electron chi connectivity index (χ2n) is 6.21. The van der Waals surface area contributed by atoms with Gasteiger partial charge in [-0.25, -0.2) is 0 Å². The third-order valence-corrected chi connectivity index (χ3v) is 4.63. The maximum absolute atomic E-state index is 12.5. The topological polar surface area (TPSA) is 54.9 Å². The number of pyridine rings is 1. The van der Waals surface area contributed by atoms with Gasteiger partial charge < -0.3 is 14.4 Å². The van der Waals surface area contributed by atoms with Crippen LogP contribution in [0.25, 0.3) is 0 Å². The van der Waals surface area contributed by atoms with Crippen molar-refractivity contribution in [1.29, 1.82) is 0 Å². The molecule has 3 heterocycles. The van der Waals surface area contributed by atoms with Gasteiger partial charge in [-0.2, -0.15) is 0 Å². The Kier molecular flexibility index (Phi) is 5.59. The highest BCUT2D eigenvalue weighted by atomic mass is 16.5. The molecule has 0 N–H and O–H groups in total. The van der Waals surface area contributed by atoms with Gasteiger partial charge in [0.1, 0.15) is 0 Å². The maximum atomic E-state index is 12.5. The van der Waals surface area contributed by atoms with Crippen LogP contribution in [0.4, 0.5) is 0 Å². The number of ether oxygens (including phenoxy) is 2. The highest BCUT2D eigenvalue weighted by Crippen LogP contribution is 2.24. The number of aromatic nitrogens is 1. The van der Waals surface area contributed by atoms with Crippen LogP contribution in [-0.4, -0.2) is 79.3 Å². The van der Waals surface area contributed by atoms with Crippen LogP contribution in [0.5, 0.6) is 0 Å². The van der Waals surface area contributed by atoms with Crippen LogP contribution in [-0.2, 0) is 20.7 Å². The largest absolute Gasteiger partial charge is 0.382 e. The van der Waals surface area contributed by atoms with Gasteiger partial charge >= 0.3 is 0 Å². The van der Waals surface area contributed by atoms with E-state index in [-0.39, 0.29) is 12.0 Å². The number of hydrogen-bond acceptors (Lipinski definition) is 5. The molecule has 1 amide bonds. The summed E-state index contributed by atoms with van der Waals surface area (Å²) < 4.78 is 10.9. The van der Waals surface area contributed by atoms with Crippen molar-refractivity contribution >= 4 is 5.91 Å². The smallest absolute Gasteiger partial charge is 0.228 e. The van der Waals surface area contributed by atoms with E-state index in [0.29, 0.717) is 25.7 Å². The van der Waals surface area contributed by atoms with Crippen molar-refractivity contribution < 1.29 is 14.3 Å². The van der Waals surface area contributed by atoms with Crippen molar-refractivity contribution in [2.24, 2.45) is 0 Å². The van der Waals surface area contributed by atoms with E-state index in [1.54, 1.807) is 13.3 Å². The molecule has 1 aromatic rings. The van der Waals surface area contributed by atoms with Crippen LogP contribution in [0, 0.1) is 0 Å². The lowest BCUT2D eigenvalue weighted by Gasteiger charge is -2.37. The van der Waals surface area contributed by atoms with Crippen LogP contribution in [0.15, 0.2) is 24.4 Å². The molecular formula is C17H25N3O3. The number of carbonyl (C=O) groups excluding carboxylic acids is 1. The number of amides is 1. The summed E-state index contributed by atoms with van der Waals surface area (Å²) in [5, 5.41) is 0. The molecule has 1 aromatic heterocycles. The Balaban J connectivity index is 1.48. The first-order valence-electron chi connectivity index (χ1n) is 8.28. The van der Waals surface area contributed by atoms with E-state index in [0.717, 1.165) is 38.3 Å². The zero-order valence-corrected chi connectivity index (χ0v) is 13.7. The maximum Gasteiger partial charge on any atom is 0.228 e. The highest BCUT2D eigenvalue weighted by Gasteiger charge is 2.37. The van der Waals surface area contributed by atoms with Crippen LogP contribution in [0.3, 0.4) is 0 Å². The number of rotatable bonds is 6. The van der Waals surface area contributed by atoms with Gasteiger partial charge in [0.2, 0.25) is 5.91 Å². The van der Waals surface area contributed by atoms with Gasteiger partial charge in [0.15, 0.2) is 0 Å². The quantitative estimate of drug-likeness (QED) is 0.718. The van der Waals surface area contributed by atoms with E-state index >= 15 is 0 Å². The lowest BCUT2D eigenvalue weighted by Crippen LogP contribution is -2.52. The Bertz CT molecular complexity index is 511. The fourth-order valence-electron chi connectivity index (χ4n) is 3.41. The van der Waals surface area contributed by atoms with Crippen molar-refractivity contribution in [1.82, 2.24) is 14.8 Å². The van der Waals surface area contributed by atoms with Crippen molar-refractivity contribution in [3.05, 3.63) is 30.1 Å². The zero-order chi connectivity index (χ0) is 16.1. The van der Waals surface area contributed by atoms with E-state index < -0.39 is 0 Å². The van der Waals surface area contributed by atoms with E-state index in [4.69, 9.17) is 9.47 Å². The van der Waals surface area contributed by atoms with Crippen molar-refractivity contribution in [2.45, 2.75) is 25.0 Å². The molecule has 0 aliphatic carbocycles. The minimum Gasteiger partial charge on any atom is -0.382 e. The van der Waals surface area contributed by atoms with Gasteiger partial charge in [0.25, 0.3) is 0 Å². The lowest BCUT2D eigenvalue weighted by atomic mass is 10.1. The summed E-state index contributed by atoms with van der Waals surface area (Å²) >= 11 is 0. The summed E-state index contributed by atoms with van der Waals surface area (Å²) in [6, 6.07) is 6.12. The fraction of sp³-hybridized carbons (Fsp3) is 0.647. The van der Waals surface area contributed by atoms with Crippen LogP contribution < -0.4 is 0 Å². The Morgan fingerprint density at radius 1 is 1.30 bits per heavy atom. The van der Waals surface area contributed by atoms with Gasteiger partial charge in [-0.05, 0) is 18.6 Å². The molecule has 0 saturated carbocycles. The summed E-state index contributed by atoms with van der Waals surface area (Å²) in [5.41, 5.74) is 0.840. The molecule has 0 spiro atoms. The van der Waals surface area contributed by atoms with Gasteiger partial charge in [0, 0.05) is 51.2 Å². The van der Waals surface area contributed by atoms with Crippen molar-refractivity contribution in [2.75, 3.05) is 46.5 Å². The number of carbonyl (C=O) groups is 1. The SMILES string of the molecule is COCCO[C@@H]1C[C@@H]2CN(C(=O)Cc3ccccn3)CCN2C1. The molecule has 0 aromatic carbocycles. The van der Waals surface area contributed by atoms with Crippen LogP contribution >= 0.6 is 0 Å². The van der Waals surface area contributed by atoms with Crippen molar-refractivity contribution in [3.63, 3.8) is 0 Å². The van der Waals surface area contributed by atoms with Gasteiger partial charge in [-0.15, -0.1) is 0 Å². The van der Waals surface area contributed by atoms with E-state index in [2.05, 4.69) is 9.88 Å². The first kappa shape index (κ1) is 16.4. The van der Waals surface area contributed by atoms with Gasteiger partial charge in [0.05, 0.1) is 25.7 Å². The number of fused-ring (bicyclic) bond motifs is 1. The predicted molar refractivity (Wildman–Crippen MR) is 86.1 cm³/mol. The normalized spacial score (nSPS) is 24.7. The first-order valence-corrected chi connectivity index (χ1v) is 8.28. The average molecular weight is 319 g/mol. The molecule has 6 nitrogen and oxygen atoms in total. The number of methoxy groups -OCH3 is 1. The van der Waals surface area contributed by atoms with Gasteiger partial charge in [-0.3, -0.25) is 14.7 Å². The Morgan fingerprint density at radius 2 is 2.22 bits per heavy atom. The standard InChI is InChI=1S/C17H25N3O3/c1-22-8-9-23-16-11-15-12-20(7-6-19(15)13-16)17(21)10-14-4-2-3-5-18-14/h2-5,15-16H,6-13H2,1H3/t15-,16-/m1/s1. The second kappa shape index (κ2) is 7.86. The molecule has 2 aliphatic heterocycles. The molecule has 2 fully saturated rings. The summed E-state index contributed by atoms with van der Waals surface area (Å²) in [5.74, 6) is 0.173. The molecule has 2 atom stereocenters. The molecule has 2 saturated heterocycles. The minimum atomic E-state index is 0.173. The van der Waals surface area contributed by atoms with Gasteiger partial charge in [-0.1, -0.05) is 6.07 Å². The Hall–Kier alpha value is -1.50. The number of nitrogens with zero attached hydrogens (tertiary/aromatic N) is 3. The van der Waals surface area contributed by atoms with E-state index in [1.165, 1.54) is 0 Å². The summed E-state index contributed by atoms with van der Waals surface area (Å²) in [7, 11) is 1.69. The monoisotopic (exact) mass is 319 g/mol. The molecule has 0 bridgehead atoms. The third kappa shape index (κ3) is 4.28. The fourth-order valence-corrected chi connectivity index (χ4v) is 3.41. The Labute approximate surface area is 137 Å². The van der Waals surface area contributed by atoms with Crippen LogP contribution in [0.1, 0.15) is 12.1 Å². The number of hydrogen-bond donors (Lipinski definition) is 0. The van der Waals surface area contributed by atoms with E-state index in [9.17, 15) is 4.79 Å². The Morgan fingerprint density at radius 3 is 3.00 bits per heavy atom. The molecule has 2 aliphatic rings. The minimum absolute atomic E-state index is 0.173. The van der Waals surface area contributed by atoms with Crippen LogP contribution in [0.2, 0.25) is 0 Å². The third-order valence-electron chi connectivity index (χ3n) is 4.63. The summed E-state index contributed by atoms with van der Waals surface area (Å²) in [6.07, 6.45) is 3.39. The first-order chi connectivity index (χ1) is 11.3. The molecule has 0 radical (unpaired) electrons. The molecule has 23 heavy (non-hydrogen) atoms. The molecule has 126 valence electrons. The van der Waals surface area contributed by atoms with E-state index in [1.807, 2.05) is 23.1 Å². The highest BCUT2D eigenvalue weighted by molar-refractivity contribution is 5.78. The summed E-state index contributed by atoms with van der Waals surface area (Å²) in [4.78, 5) is 21.1. The zero-order valence-electron chi connectivity index (χ0n) is 13.7. The molecule has 6 heteroatoms.